The van der Waals surface area contributed by atoms with E-state index >= 15 is 0 Å². The molecule has 0 radical (unpaired) electrons. The van der Waals surface area contributed by atoms with Crippen molar-refractivity contribution in [3.05, 3.63) is 85.0 Å². The molecule has 1 heteroatoms. The minimum absolute atomic E-state index is 0.400. The van der Waals surface area contributed by atoms with Gasteiger partial charge in [-0.05, 0) is 45.0 Å². The van der Waals surface area contributed by atoms with Gasteiger partial charge in [0.1, 0.15) is 0 Å². The monoisotopic (exact) mass is 309 g/mol. The van der Waals surface area contributed by atoms with Gasteiger partial charge in [0.25, 0.3) is 0 Å². The predicted molar refractivity (Wildman–Crippen MR) is 104 cm³/mol. The van der Waals surface area contributed by atoms with Crippen molar-refractivity contribution in [3.63, 3.8) is 0 Å². The maximum atomic E-state index is 4.38. The number of nitrogens with zero attached hydrogens (tertiary/aromatic N) is 1. The SMILES string of the molecule is C=C/C=C\C=C/CC(C(=C)CCCN(C)CC)c1ccccc1. The van der Waals surface area contributed by atoms with E-state index in [1.807, 2.05) is 12.2 Å². The first-order chi connectivity index (χ1) is 11.2. The van der Waals surface area contributed by atoms with Crippen LogP contribution >= 0.6 is 0 Å². The number of rotatable bonds is 11. The Balaban J connectivity index is 2.67. The summed E-state index contributed by atoms with van der Waals surface area (Å²) < 4.78 is 0. The Morgan fingerprint density at radius 3 is 2.57 bits per heavy atom. The molecule has 0 aromatic heterocycles. The van der Waals surface area contributed by atoms with E-state index in [-0.39, 0.29) is 0 Å². The lowest BCUT2D eigenvalue weighted by Gasteiger charge is -2.20. The molecular weight excluding hydrogens is 278 g/mol. The van der Waals surface area contributed by atoms with E-state index in [0.29, 0.717) is 5.92 Å². The minimum atomic E-state index is 0.400. The van der Waals surface area contributed by atoms with E-state index in [0.717, 1.165) is 25.9 Å². The molecule has 0 saturated carbocycles. The highest BCUT2D eigenvalue weighted by molar-refractivity contribution is 5.29. The fourth-order valence-electron chi connectivity index (χ4n) is 2.57. The summed E-state index contributed by atoms with van der Waals surface area (Å²) in [6.07, 6.45) is 13.3. The van der Waals surface area contributed by atoms with Crippen LogP contribution in [0, 0.1) is 0 Å². The molecule has 0 saturated heterocycles. The first kappa shape index (κ1) is 19.2. The molecule has 1 unspecified atom stereocenters. The Labute approximate surface area is 142 Å². The van der Waals surface area contributed by atoms with Crippen molar-refractivity contribution in [1.29, 1.82) is 0 Å². The van der Waals surface area contributed by atoms with Crippen molar-refractivity contribution in [3.8, 4) is 0 Å². The fraction of sp³-hybridized carbons (Fsp3) is 0.364. The van der Waals surface area contributed by atoms with Gasteiger partial charge in [-0.15, -0.1) is 0 Å². The lowest BCUT2D eigenvalue weighted by molar-refractivity contribution is 0.346. The summed E-state index contributed by atoms with van der Waals surface area (Å²) in [5.41, 5.74) is 2.69. The van der Waals surface area contributed by atoms with Gasteiger partial charge in [0.15, 0.2) is 0 Å². The second-order valence-corrected chi connectivity index (χ2v) is 5.91. The molecule has 1 atom stereocenters. The summed E-state index contributed by atoms with van der Waals surface area (Å²) in [6.45, 7) is 12.5. The Morgan fingerprint density at radius 2 is 1.91 bits per heavy atom. The molecule has 1 rings (SSSR count). The molecule has 0 bridgehead atoms. The fourth-order valence-corrected chi connectivity index (χ4v) is 2.57. The zero-order chi connectivity index (χ0) is 16.9. The molecule has 23 heavy (non-hydrogen) atoms. The molecule has 0 aliphatic rings. The smallest absolute Gasteiger partial charge is 0.00800 e. The maximum absolute atomic E-state index is 4.38. The summed E-state index contributed by atoms with van der Waals surface area (Å²) in [7, 11) is 2.17. The highest BCUT2D eigenvalue weighted by atomic mass is 15.1. The van der Waals surface area contributed by atoms with Crippen molar-refractivity contribution in [2.45, 2.75) is 32.1 Å². The average molecular weight is 309 g/mol. The number of benzene rings is 1. The molecule has 0 amide bonds. The van der Waals surface area contributed by atoms with Crippen molar-refractivity contribution in [2.24, 2.45) is 0 Å². The molecule has 1 nitrogen and oxygen atoms in total. The van der Waals surface area contributed by atoms with Crippen LogP contribution in [0.2, 0.25) is 0 Å². The van der Waals surface area contributed by atoms with E-state index in [1.54, 1.807) is 6.08 Å². The second-order valence-electron chi connectivity index (χ2n) is 5.91. The molecule has 0 spiro atoms. The van der Waals surface area contributed by atoms with Gasteiger partial charge in [0.2, 0.25) is 0 Å². The molecule has 1 aromatic rings. The van der Waals surface area contributed by atoms with E-state index in [1.165, 1.54) is 17.6 Å². The van der Waals surface area contributed by atoms with Crippen LogP contribution in [0.5, 0.6) is 0 Å². The van der Waals surface area contributed by atoms with Gasteiger partial charge < -0.3 is 4.90 Å². The normalized spacial score (nSPS) is 13.0. The van der Waals surface area contributed by atoms with Crippen molar-refractivity contribution < 1.29 is 0 Å². The largest absolute Gasteiger partial charge is 0.307 e. The van der Waals surface area contributed by atoms with E-state index < -0.39 is 0 Å². The third-order valence-corrected chi connectivity index (χ3v) is 4.14. The van der Waals surface area contributed by atoms with Crippen LogP contribution in [0.4, 0.5) is 0 Å². The highest BCUT2D eigenvalue weighted by Gasteiger charge is 2.13. The summed E-state index contributed by atoms with van der Waals surface area (Å²) >= 11 is 0. The molecular formula is C22H31N. The van der Waals surface area contributed by atoms with E-state index in [2.05, 4.69) is 74.5 Å². The van der Waals surface area contributed by atoms with Crippen LogP contribution in [0.3, 0.4) is 0 Å². The third-order valence-electron chi connectivity index (χ3n) is 4.14. The molecule has 0 aliphatic carbocycles. The van der Waals surface area contributed by atoms with Crippen molar-refractivity contribution >= 4 is 0 Å². The Hall–Kier alpha value is -1.86. The van der Waals surface area contributed by atoms with Gasteiger partial charge in [0, 0.05) is 5.92 Å². The third kappa shape index (κ3) is 7.80. The van der Waals surface area contributed by atoms with Gasteiger partial charge in [-0.3, -0.25) is 0 Å². The first-order valence-electron chi connectivity index (χ1n) is 8.54. The molecule has 0 fully saturated rings. The zero-order valence-corrected chi connectivity index (χ0v) is 14.7. The summed E-state index contributed by atoms with van der Waals surface area (Å²) in [6, 6.07) is 10.7. The zero-order valence-electron chi connectivity index (χ0n) is 14.7. The number of hydrogen-bond acceptors (Lipinski definition) is 1. The molecule has 0 heterocycles. The minimum Gasteiger partial charge on any atom is -0.307 e. The molecule has 0 N–H and O–H groups in total. The maximum Gasteiger partial charge on any atom is 0.00800 e. The Kier molecular flexibility index (Phi) is 9.74. The van der Waals surface area contributed by atoms with E-state index in [4.69, 9.17) is 0 Å². The van der Waals surface area contributed by atoms with Gasteiger partial charge in [-0.2, -0.15) is 0 Å². The average Bonchev–Trinajstić information content (AvgIpc) is 2.58. The van der Waals surface area contributed by atoms with Gasteiger partial charge in [-0.1, -0.05) is 86.4 Å². The second kappa shape index (κ2) is 11.7. The lowest BCUT2D eigenvalue weighted by Crippen LogP contribution is -2.19. The molecule has 124 valence electrons. The first-order valence-corrected chi connectivity index (χ1v) is 8.54. The van der Waals surface area contributed by atoms with Crippen molar-refractivity contribution in [2.75, 3.05) is 20.1 Å². The quantitative estimate of drug-likeness (QED) is 0.372. The van der Waals surface area contributed by atoms with Gasteiger partial charge in [0.05, 0.1) is 0 Å². The highest BCUT2D eigenvalue weighted by Crippen LogP contribution is 2.30. The van der Waals surface area contributed by atoms with Gasteiger partial charge >= 0.3 is 0 Å². The standard InChI is InChI=1S/C22H31N/c1-5-7-8-9-13-18-22(21-16-11-10-12-17-21)20(3)15-14-19-23(4)6-2/h5,7-13,16-17,22H,1,3,6,14-15,18-19H2,2,4H3/b8-7-,13-9-. The van der Waals surface area contributed by atoms with Crippen LogP contribution in [-0.2, 0) is 0 Å². The number of hydrogen-bond donors (Lipinski definition) is 0. The van der Waals surface area contributed by atoms with Crippen molar-refractivity contribution in [1.82, 2.24) is 4.90 Å². The lowest BCUT2D eigenvalue weighted by atomic mass is 9.86. The van der Waals surface area contributed by atoms with Gasteiger partial charge in [-0.25, -0.2) is 0 Å². The van der Waals surface area contributed by atoms with Crippen LogP contribution in [0.25, 0.3) is 0 Å². The van der Waals surface area contributed by atoms with Crippen LogP contribution in [-0.4, -0.2) is 25.0 Å². The Morgan fingerprint density at radius 1 is 1.17 bits per heavy atom. The van der Waals surface area contributed by atoms with Crippen LogP contribution < -0.4 is 0 Å². The molecule has 1 aromatic carbocycles. The summed E-state index contributed by atoms with van der Waals surface area (Å²) in [5, 5.41) is 0. The van der Waals surface area contributed by atoms with Crippen LogP contribution in [0.15, 0.2) is 79.4 Å². The summed E-state index contributed by atoms with van der Waals surface area (Å²) in [5.74, 6) is 0.400. The predicted octanol–water partition coefficient (Wildman–Crippen LogP) is 5.75. The summed E-state index contributed by atoms with van der Waals surface area (Å²) in [4.78, 5) is 2.35. The van der Waals surface area contributed by atoms with Crippen LogP contribution in [0.1, 0.15) is 37.7 Å². The topological polar surface area (TPSA) is 3.24 Å². The van der Waals surface area contributed by atoms with E-state index in [9.17, 15) is 0 Å². The Bertz CT molecular complexity index is 510. The molecule has 0 aliphatic heterocycles. The number of allylic oxidation sites excluding steroid dienone is 6.